The van der Waals surface area contributed by atoms with Crippen LogP contribution in [-0.2, 0) is 10.8 Å². The summed E-state index contributed by atoms with van der Waals surface area (Å²) in [4.78, 5) is 2.38. The molecule has 55 heavy (non-hydrogen) atoms. The minimum atomic E-state index is -0.129. The van der Waals surface area contributed by atoms with E-state index in [9.17, 15) is 0 Å². The molecule has 0 unspecified atom stereocenters. The summed E-state index contributed by atoms with van der Waals surface area (Å²) in [7, 11) is 0. The molecule has 0 fully saturated rings. The van der Waals surface area contributed by atoms with Crippen molar-refractivity contribution in [3.63, 3.8) is 0 Å². The van der Waals surface area contributed by atoms with E-state index in [1.807, 2.05) is 0 Å². The Morgan fingerprint density at radius 2 is 0.727 bits per heavy atom. The Bertz CT molecular complexity index is 2660. The van der Waals surface area contributed by atoms with Gasteiger partial charge >= 0.3 is 0 Å². The molecule has 0 bridgehead atoms. The monoisotopic (exact) mass is 705 g/mol. The molecule has 8 aromatic carbocycles. The lowest BCUT2D eigenvalue weighted by Crippen LogP contribution is -2.24. The van der Waals surface area contributed by atoms with Crippen molar-refractivity contribution in [1.29, 1.82) is 0 Å². The Labute approximate surface area is 325 Å². The highest BCUT2D eigenvalue weighted by atomic mass is 15.1. The summed E-state index contributed by atoms with van der Waals surface area (Å²) in [6.07, 6.45) is 0. The molecule has 0 amide bonds. The number of hydrogen-bond acceptors (Lipinski definition) is 1. The van der Waals surface area contributed by atoms with Crippen molar-refractivity contribution in [1.82, 2.24) is 0 Å². The van der Waals surface area contributed by atoms with Crippen LogP contribution in [0, 0.1) is 0 Å². The maximum atomic E-state index is 2.45. The quantitative estimate of drug-likeness (QED) is 0.166. The maximum absolute atomic E-state index is 2.45. The van der Waals surface area contributed by atoms with Gasteiger partial charge in [-0.1, -0.05) is 167 Å². The summed E-state index contributed by atoms with van der Waals surface area (Å²) < 4.78 is 0. The van der Waals surface area contributed by atoms with Crippen molar-refractivity contribution in [2.75, 3.05) is 4.90 Å². The van der Waals surface area contributed by atoms with Crippen LogP contribution in [0.5, 0.6) is 0 Å². The van der Waals surface area contributed by atoms with E-state index in [4.69, 9.17) is 0 Å². The summed E-state index contributed by atoms with van der Waals surface area (Å²) in [5.74, 6) is 0. The van der Waals surface area contributed by atoms with Gasteiger partial charge in [0.15, 0.2) is 0 Å². The Kier molecular flexibility index (Phi) is 7.58. The van der Waals surface area contributed by atoms with E-state index in [1.54, 1.807) is 0 Å². The average molecular weight is 706 g/mol. The van der Waals surface area contributed by atoms with E-state index < -0.39 is 0 Å². The number of fused-ring (bicyclic) bond motifs is 7. The lowest BCUT2D eigenvalue weighted by atomic mass is 9.72. The van der Waals surface area contributed by atoms with Gasteiger partial charge in [0.2, 0.25) is 0 Å². The zero-order valence-electron chi connectivity index (χ0n) is 31.8. The van der Waals surface area contributed by atoms with Gasteiger partial charge in [0.25, 0.3) is 0 Å². The fourth-order valence-electron chi connectivity index (χ4n) is 9.52. The minimum Gasteiger partial charge on any atom is -0.310 e. The molecule has 2 aliphatic rings. The van der Waals surface area contributed by atoms with Crippen LogP contribution in [0.2, 0.25) is 0 Å². The molecule has 0 N–H and O–H groups in total. The molecule has 10 rings (SSSR count). The van der Waals surface area contributed by atoms with E-state index >= 15 is 0 Å². The summed E-state index contributed by atoms with van der Waals surface area (Å²) in [5, 5.41) is 0. The first-order chi connectivity index (χ1) is 26.8. The molecule has 1 heteroatoms. The number of anilines is 3. The van der Waals surface area contributed by atoms with Crippen molar-refractivity contribution in [3.05, 3.63) is 210 Å². The molecule has 0 heterocycles. The standard InChI is InChI=1S/C54H43N/c1-53(2)49-23-15-14-22-45(49)47-30-31-48-46-29-26-39(35-50(46)54(3,4)52(48)51(47)53)38-24-27-43(28-25-38)55(42-20-12-7-13-21-42)44-33-40(36-16-8-5-9-17-36)32-41(34-44)37-18-10-6-11-19-37/h5-35H,1-4H3. The fraction of sp³-hybridized carbons (Fsp3) is 0.111. The Hall–Kier alpha value is -6.44. The van der Waals surface area contributed by atoms with E-state index in [0.717, 1.165) is 17.1 Å². The summed E-state index contributed by atoms with van der Waals surface area (Å²) in [6, 6.07) is 69.1. The Morgan fingerprint density at radius 3 is 1.33 bits per heavy atom. The minimum absolute atomic E-state index is 0.0532. The van der Waals surface area contributed by atoms with Gasteiger partial charge in [-0.2, -0.15) is 0 Å². The number of para-hydroxylation sites is 1. The molecule has 0 saturated carbocycles. The van der Waals surface area contributed by atoms with Gasteiger partial charge in [0, 0.05) is 27.9 Å². The topological polar surface area (TPSA) is 3.24 Å². The van der Waals surface area contributed by atoms with Crippen LogP contribution in [0.1, 0.15) is 49.9 Å². The lowest BCUT2D eigenvalue weighted by Gasteiger charge is -2.30. The molecular formula is C54H43N. The van der Waals surface area contributed by atoms with E-state index in [-0.39, 0.29) is 10.8 Å². The van der Waals surface area contributed by atoms with Crippen molar-refractivity contribution in [2.24, 2.45) is 0 Å². The van der Waals surface area contributed by atoms with Crippen LogP contribution in [-0.4, -0.2) is 0 Å². The SMILES string of the molecule is CC1(C)c2ccccc2-c2ccc3c(c21)C(C)(C)c1cc(-c2ccc(N(c4ccccc4)c4cc(-c5ccccc5)cc(-c5ccccc5)c4)cc2)ccc1-3. The smallest absolute Gasteiger partial charge is 0.0473 e. The van der Waals surface area contributed by atoms with Crippen LogP contribution in [0.15, 0.2) is 188 Å². The van der Waals surface area contributed by atoms with Crippen LogP contribution in [0.3, 0.4) is 0 Å². The van der Waals surface area contributed by atoms with Gasteiger partial charge in [-0.15, -0.1) is 0 Å². The molecule has 8 aromatic rings. The van der Waals surface area contributed by atoms with Gasteiger partial charge in [0.05, 0.1) is 0 Å². The van der Waals surface area contributed by atoms with Gasteiger partial charge in [-0.05, 0) is 126 Å². The summed E-state index contributed by atoms with van der Waals surface area (Å²) >= 11 is 0. The Morgan fingerprint density at radius 1 is 0.291 bits per heavy atom. The summed E-state index contributed by atoms with van der Waals surface area (Å²) in [6.45, 7) is 9.66. The highest BCUT2D eigenvalue weighted by molar-refractivity contribution is 5.92. The molecular weight excluding hydrogens is 663 g/mol. The van der Waals surface area contributed by atoms with Crippen molar-refractivity contribution >= 4 is 17.1 Å². The molecule has 0 saturated heterocycles. The molecule has 0 radical (unpaired) electrons. The van der Waals surface area contributed by atoms with Gasteiger partial charge in [-0.25, -0.2) is 0 Å². The van der Waals surface area contributed by atoms with Crippen molar-refractivity contribution < 1.29 is 0 Å². The number of hydrogen-bond donors (Lipinski definition) is 0. The van der Waals surface area contributed by atoms with Crippen molar-refractivity contribution in [3.8, 4) is 55.6 Å². The maximum Gasteiger partial charge on any atom is 0.0473 e. The predicted molar refractivity (Wildman–Crippen MR) is 233 cm³/mol. The van der Waals surface area contributed by atoms with Crippen molar-refractivity contribution in [2.45, 2.75) is 38.5 Å². The first-order valence-corrected chi connectivity index (χ1v) is 19.4. The third-order valence-corrected chi connectivity index (χ3v) is 12.2. The predicted octanol–water partition coefficient (Wildman–Crippen LogP) is 14.8. The molecule has 0 aliphatic heterocycles. The highest BCUT2D eigenvalue weighted by Crippen LogP contribution is 2.59. The largest absolute Gasteiger partial charge is 0.310 e. The summed E-state index contributed by atoms with van der Waals surface area (Å²) in [5.41, 5.74) is 21.7. The fourth-order valence-corrected chi connectivity index (χ4v) is 9.52. The zero-order chi connectivity index (χ0) is 37.3. The second-order valence-electron chi connectivity index (χ2n) is 16.2. The molecule has 0 spiro atoms. The number of rotatable bonds is 6. The van der Waals surface area contributed by atoms with Gasteiger partial charge in [0.1, 0.15) is 0 Å². The Balaban J connectivity index is 1.05. The highest BCUT2D eigenvalue weighted by Gasteiger charge is 2.45. The lowest BCUT2D eigenvalue weighted by molar-refractivity contribution is 0.601. The molecule has 2 aliphatic carbocycles. The third kappa shape index (κ3) is 5.29. The van der Waals surface area contributed by atoms with Crippen LogP contribution < -0.4 is 4.90 Å². The van der Waals surface area contributed by atoms with Crippen LogP contribution in [0.4, 0.5) is 17.1 Å². The van der Waals surface area contributed by atoms with Gasteiger partial charge in [-0.3, -0.25) is 0 Å². The van der Waals surface area contributed by atoms with Crippen LogP contribution in [0.25, 0.3) is 55.6 Å². The first kappa shape index (κ1) is 33.2. The zero-order valence-corrected chi connectivity index (χ0v) is 31.8. The first-order valence-electron chi connectivity index (χ1n) is 19.4. The van der Waals surface area contributed by atoms with Crippen LogP contribution >= 0.6 is 0 Å². The second-order valence-corrected chi connectivity index (χ2v) is 16.2. The second kappa shape index (κ2) is 12.6. The average Bonchev–Trinajstić information content (AvgIpc) is 3.61. The number of nitrogens with zero attached hydrogens (tertiary/aromatic N) is 1. The normalized spacial score (nSPS) is 14.1. The van der Waals surface area contributed by atoms with E-state index in [0.29, 0.717) is 0 Å². The van der Waals surface area contributed by atoms with Gasteiger partial charge < -0.3 is 4.90 Å². The molecule has 264 valence electrons. The van der Waals surface area contributed by atoms with E-state index in [1.165, 1.54) is 77.9 Å². The molecule has 0 atom stereocenters. The molecule has 1 nitrogen and oxygen atoms in total. The molecule has 0 aromatic heterocycles. The third-order valence-electron chi connectivity index (χ3n) is 12.2. The van der Waals surface area contributed by atoms with E-state index in [2.05, 4.69) is 221 Å². The number of benzene rings is 8.